The van der Waals surface area contributed by atoms with Crippen LogP contribution >= 0.6 is 0 Å². The summed E-state index contributed by atoms with van der Waals surface area (Å²) in [4.78, 5) is 7.09. The lowest BCUT2D eigenvalue weighted by Crippen LogP contribution is -2.30. The largest absolute Gasteiger partial charge is 0.392 e. The van der Waals surface area contributed by atoms with E-state index in [4.69, 9.17) is 0 Å². The van der Waals surface area contributed by atoms with E-state index in [1.54, 1.807) is 12.4 Å². The van der Waals surface area contributed by atoms with Crippen LogP contribution in [-0.4, -0.2) is 27.7 Å². The van der Waals surface area contributed by atoms with Crippen molar-refractivity contribution in [1.29, 1.82) is 0 Å². The monoisotopic (exact) mass is 211 g/mol. The van der Waals surface area contributed by atoms with Crippen LogP contribution in [0.4, 0.5) is 0 Å². The molecule has 4 heteroatoms. The average molecular weight is 211 g/mol. The minimum Gasteiger partial charge on any atom is -0.392 e. The number of aliphatic hydroxyl groups is 1. The lowest BCUT2D eigenvalue weighted by atomic mass is 9.89. The summed E-state index contributed by atoms with van der Waals surface area (Å²) in [7, 11) is 0. The summed E-state index contributed by atoms with van der Waals surface area (Å²) < 4.78 is 0. The van der Waals surface area contributed by atoms with Crippen molar-refractivity contribution >= 4 is 0 Å². The van der Waals surface area contributed by atoms with Gasteiger partial charge < -0.3 is 15.4 Å². The van der Waals surface area contributed by atoms with Gasteiger partial charge in [0.2, 0.25) is 0 Å². The van der Waals surface area contributed by atoms with Gasteiger partial charge in [-0.15, -0.1) is 0 Å². The number of aromatic amines is 1. The molecule has 0 saturated heterocycles. The van der Waals surface area contributed by atoms with Crippen LogP contribution < -0.4 is 5.32 Å². The normalized spacial score (nSPS) is 14.1. The number of aromatic nitrogens is 2. The van der Waals surface area contributed by atoms with Gasteiger partial charge in [0.05, 0.1) is 12.6 Å². The van der Waals surface area contributed by atoms with Gasteiger partial charge in [-0.05, 0) is 11.8 Å². The molecule has 0 aliphatic carbocycles. The number of nitrogens with one attached hydrogen (secondary N) is 2. The van der Waals surface area contributed by atoms with E-state index in [-0.39, 0.29) is 11.5 Å². The van der Waals surface area contributed by atoms with Crippen LogP contribution in [0.2, 0.25) is 0 Å². The second-order valence-electron chi connectivity index (χ2n) is 5.09. The topological polar surface area (TPSA) is 60.9 Å². The van der Waals surface area contributed by atoms with Crippen molar-refractivity contribution < 1.29 is 5.11 Å². The maximum absolute atomic E-state index is 9.72. The summed E-state index contributed by atoms with van der Waals surface area (Å²) in [5.41, 5.74) is 0.172. The predicted octanol–water partition coefficient (Wildman–Crippen LogP) is 1.30. The van der Waals surface area contributed by atoms with E-state index in [1.165, 1.54) is 0 Å². The molecule has 0 aliphatic rings. The Morgan fingerprint density at radius 1 is 1.53 bits per heavy atom. The van der Waals surface area contributed by atoms with Crippen molar-refractivity contribution in [2.24, 2.45) is 5.41 Å². The van der Waals surface area contributed by atoms with Crippen LogP contribution in [0.3, 0.4) is 0 Å². The second-order valence-corrected chi connectivity index (χ2v) is 5.09. The maximum Gasteiger partial charge on any atom is 0.120 e. The minimum atomic E-state index is -0.292. The van der Waals surface area contributed by atoms with E-state index in [9.17, 15) is 5.11 Å². The minimum absolute atomic E-state index is 0.172. The Bertz CT molecular complexity index is 264. The van der Waals surface area contributed by atoms with Gasteiger partial charge in [0.15, 0.2) is 0 Å². The molecular formula is C11H21N3O. The summed E-state index contributed by atoms with van der Waals surface area (Å²) in [5.74, 6) is 0.901. The number of aliphatic hydroxyl groups excluding tert-OH is 1. The Hall–Kier alpha value is -0.870. The van der Waals surface area contributed by atoms with Gasteiger partial charge in [0.1, 0.15) is 5.82 Å². The first-order valence-corrected chi connectivity index (χ1v) is 5.34. The molecule has 86 valence electrons. The Kier molecular flexibility index (Phi) is 4.29. The number of rotatable bonds is 5. The third kappa shape index (κ3) is 5.54. The molecule has 1 aromatic rings. The highest BCUT2D eigenvalue weighted by Crippen LogP contribution is 2.20. The van der Waals surface area contributed by atoms with Gasteiger partial charge in [-0.25, -0.2) is 4.98 Å². The third-order valence-electron chi connectivity index (χ3n) is 2.08. The van der Waals surface area contributed by atoms with Crippen LogP contribution in [-0.2, 0) is 6.54 Å². The lowest BCUT2D eigenvalue weighted by Gasteiger charge is -2.22. The van der Waals surface area contributed by atoms with E-state index in [1.807, 2.05) is 0 Å². The second kappa shape index (κ2) is 5.28. The zero-order chi connectivity index (χ0) is 11.3. The molecule has 0 spiro atoms. The smallest absolute Gasteiger partial charge is 0.120 e. The highest BCUT2D eigenvalue weighted by Gasteiger charge is 2.16. The van der Waals surface area contributed by atoms with Gasteiger partial charge in [0.25, 0.3) is 0 Å². The molecule has 0 saturated carbocycles. The van der Waals surface area contributed by atoms with Gasteiger partial charge in [0, 0.05) is 18.9 Å². The average Bonchev–Trinajstić information content (AvgIpc) is 2.53. The van der Waals surface area contributed by atoms with E-state index in [0.717, 1.165) is 12.2 Å². The standard InChI is InChI=1S/C11H21N3O/c1-11(2,3)6-9(15)7-12-8-10-13-4-5-14-10/h4-5,9,12,15H,6-8H2,1-3H3,(H,13,14). The molecule has 1 atom stereocenters. The molecule has 0 aliphatic heterocycles. The van der Waals surface area contributed by atoms with Crippen molar-refractivity contribution in [3.05, 3.63) is 18.2 Å². The predicted molar refractivity (Wildman–Crippen MR) is 60.4 cm³/mol. The fraction of sp³-hybridized carbons (Fsp3) is 0.727. The fourth-order valence-corrected chi connectivity index (χ4v) is 1.53. The first-order valence-electron chi connectivity index (χ1n) is 5.34. The molecule has 0 radical (unpaired) electrons. The van der Waals surface area contributed by atoms with E-state index >= 15 is 0 Å². The highest BCUT2D eigenvalue weighted by atomic mass is 16.3. The molecule has 4 nitrogen and oxygen atoms in total. The van der Waals surface area contributed by atoms with Gasteiger partial charge in [-0.3, -0.25) is 0 Å². The van der Waals surface area contributed by atoms with Crippen LogP contribution in [0.5, 0.6) is 0 Å². The zero-order valence-corrected chi connectivity index (χ0v) is 9.75. The highest BCUT2D eigenvalue weighted by molar-refractivity contribution is 4.86. The summed E-state index contributed by atoms with van der Waals surface area (Å²) in [5, 5.41) is 12.9. The Balaban J connectivity index is 2.15. The van der Waals surface area contributed by atoms with Crippen molar-refractivity contribution in [2.75, 3.05) is 6.54 Å². The molecular weight excluding hydrogens is 190 g/mol. The zero-order valence-electron chi connectivity index (χ0n) is 9.75. The Morgan fingerprint density at radius 3 is 2.80 bits per heavy atom. The number of H-pyrrole nitrogens is 1. The third-order valence-corrected chi connectivity index (χ3v) is 2.08. The van der Waals surface area contributed by atoms with E-state index in [0.29, 0.717) is 13.1 Å². The summed E-state index contributed by atoms with van der Waals surface area (Å²) >= 11 is 0. The first kappa shape index (κ1) is 12.2. The van der Waals surface area contributed by atoms with Crippen LogP contribution in [0.25, 0.3) is 0 Å². The first-order chi connectivity index (χ1) is 6.97. The number of imidazole rings is 1. The SMILES string of the molecule is CC(C)(C)CC(O)CNCc1ncc[nH]1. The van der Waals surface area contributed by atoms with Crippen LogP contribution in [0, 0.1) is 5.41 Å². The van der Waals surface area contributed by atoms with Gasteiger partial charge >= 0.3 is 0 Å². The van der Waals surface area contributed by atoms with E-state index in [2.05, 4.69) is 36.1 Å². The number of nitrogens with zero attached hydrogens (tertiary/aromatic N) is 1. The molecule has 0 fully saturated rings. The molecule has 1 unspecified atom stereocenters. The van der Waals surface area contributed by atoms with Gasteiger partial charge in [-0.1, -0.05) is 20.8 Å². The van der Waals surface area contributed by atoms with E-state index < -0.39 is 0 Å². The van der Waals surface area contributed by atoms with Crippen molar-refractivity contribution in [2.45, 2.75) is 39.8 Å². The lowest BCUT2D eigenvalue weighted by molar-refractivity contribution is 0.119. The molecule has 1 heterocycles. The maximum atomic E-state index is 9.72. The molecule has 0 amide bonds. The van der Waals surface area contributed by atoms with Crippen molar-refractivity contribution in [3.63, 3.8) is 0 Å². The van der Waals surface area contributed by atoms with Gasteiger partial charge in [-0.2, -0.15) is 0 Å². The summed E-state index contributed by atoms with van der Waals surface area (Å²) in [6, 6.07) is 0. The molecule has 1 aromatic heterocycles. The number of hydrogen-bond donors (Lipinski definition) is 3. The number of hydrogen-bond acceptors (Lipinski definition) is 3. The Morgan fingerprint density at radius 2 is 2.27 bits per heavy atom. The van der Waals surface area contributed by atoms with Crippen LogP contribution in [0.15, 0.2) is 12.4 Å². The summed E-state index contributed by atoms with van der Waals surface area (Å²) in [6.45, 7) is 7.67. The fourth-order valence-electron chi connectivity index (χ4n) is 1.53. The van der Waals surface area contributed by atoms with Crippen molar-refractivity contribution in [1.82, 2.24) is 15.3 Å². The van der Waals surface area contributed by atoms with Crippen molar-refractivity contribution in [3.8, 4) is 0 Å². The molecule has 0 bridgehead atoms. The Labute approximate surface area is 91.1 Å². The molecule has 15 heavy (non-hydrogen) atoms. The molecule has 1 rings (SSSR count). The van der Waals surface area contributed by atoms with Crippen LogP contribution in [0.1, 0.15) is 33.0 Å². The molecule has 3 N–H and O–H groups in total. The quantitative estimate of drug-likeness (QED) is 0.688. The molecule has 0 aromatic carbocycles. The summed E-state index contributed by atoms with van der Waals surface area (Å²) in [6.07, 6.45) is 4.03.